The summed E-state index contributed by atoms with van der Waals surface area (Å²) >= 11 is 0. The largest absolute Gasteiger partial charge is 0.464 e. The summed E-state index contributed by atoms with van der Waals surface area (Å²) in [6.45, 7) is 0. The normalized spacial score (nSPS) is 8.80. The van der Waals surface area contributed by atoms with E-state index in [1.165, 1.54) is 0 Å². The Morgan fingerprint density at radius 3 is 0.900 bits per heavy atom. The number of carbonyl (C=O) groups excluding carboxylic acids is 4. The first-order chi connectivity index (χ1) is 9.42. The van der Waals surface area contributed by atoms with Crippen LogP contribution in [0, 0.1) is 0 Å². The summed E-state index contributed by atoms with van der Waals surface area (Å²) in [5, 5.41) is 6.32. The first-order valence-corrected chi connectivity index (χ1v) is 4.91. The molecule has 110 valence electrons. The summed E-state index contributed by atoms with van der Waals surface area (Å²) in [7, 11) is 3.97. The van der Waals surface area contributed by atoms with Gasteiger partial charge in [-0.15, -0.1) is 10.2 Å². The van der Waals surface area contributed by atoms with Crippen LogP contribution >= 0.6 is 0 Å². The second-order valence-electron chi connectivity index (χ2n) is 2.86. The highest BCUT2D eigenvalue weighted by atomic mass is 16.6. The molecule has 0 spiro atoms. The summed E-state index contributed by atoms with van der Waals surface area (Å²) in [4.78, 5) is 45.0. The van der Waals surface area contributed by atoms with Crippen LogP contribution in [0.2, 0.25) is 0 Å². The summed E-state index contributed by atoms with van der Waals surface area (Å²) in [5.74, 6) is -4.63. The molecule has 10 heteroatoms. The molecule has 20 heavy (non-hydrogen) atoms. The SMILES string of the molecule is COC(=O)C(=NN=C(C(=O)OC)C(=O)OC)C(=O)OC. The van der Waals surface area contributed by atoms with E-state index < -0.39 is 35.3 Å². The van der Waals surface area contributed by atoms with Crippen LogP contribution in [0.5, 0.6) is 0 Å². The van der Waals surface area contributed by atoms with Gasteiger partial charge in [-0.3, -0.25) is 0 Å². The van der Waals surface area contributed by atoms with E-state index >= 15 is 0 Å². The topological polar surface area (TPSA) is 130 Å². The third kappa shape index (κ3) is 4.48. The molecule has 0 heterocycles. The van der Waals surface area contributed by atoms with Gasteiger partial charge < -0.3 is 18.9 Å². The number of hydrogen-bond donors (Lipinski definition) is 0. The summed E-state index contributed by atoms with van der Waals surface area (Å²) in [6, 6.07) is 0. The van der Waals surface area contributed by atoms with Gasteiger partial charge in [0.2, 0.25) is 0 Å². The number of methoxy groups -OCH3 is 4. The number of hydrogen-bond acceptors (Lipinski definition) is 10. The minimum atomic E-state index is -1.16. The predicted octanol–water partition coefficient (Wildman–Crippen LogP) is -1.52. The highest BCUT2D eigenvalue weighted by molar-refractivity contribution is 6.64. The van der Waals surface area contributed by atoms with Crippen LogP contribution < -0.4 is 0 Å². The first kappa shape index (κ1) is 17.2. The lowest BCUT2D eigenvalue weighted by Gasteiger charge is -2.02. The Kier molecular flexibility index (Phi) is 7.18. The third-order valence-electron chi connectivity index (χ3n) is 1.76. The molecule has 0 unspecified atom stereocenters. The molecule has 0 rings (SSSR count). The monoisotopic (exact) mass is 288 g/mol. The standard InChI is InChI=1S/C10H12N2O8/c1-17-7(13)5(8(14)18-2)11-12-6(9(15)19-3)10(16)20-4/h1-4H3. The van der Waals surface area contributed by atoms with Crippen LogP contribution in [-0.2, 0) is 38.1 Å². The van der Waals surface area contributed by atoms with Gasteiger partial charge in [-0.25, -0.2) is 19.2 Å². The van der Waals surface area contributed by atoms with Gasteiger partial charge in [0.15, 0.2) is 0 Å². The molecule has 0 fully saturated rings. The van der Waals surface area contributed by atoms with Crippen molar-refractivity contribution < 1.29 is 38.1 Å². The maximum atomic E-state index is 11.2. The van der Waals surface area contributed by atoms with Crippen molar-refractivity contribution in [3.05, 3.63) is 0 Å². The van der Waals surface area contributed by atoms with Crippen LogP contribution in [0.15, 0.2) is 10.2 Å². The van der Waals surface area contributed by atoms with Gasteiger partial charge in [0, 0.05) is 0 Å². The van der Waals surface area contributed by atoms with Gasteiger partial charge in [-0.1, -0.05) is 0 Å². The summed E-state index contributed by atoms with van der Waals surface area (Å²) in [6.07, 6.45) is 0. The maximum absolute atomic E-state index is 11.2. The van der Waals surface area contributed by atoms with Crippen molar-refractivity contribution in [2.75, 3.05) is 28.4 Å². The molecule has 0 aromatic heterocycles. The first-order valence-electron chi connectivity index (χ1n) is 4.91. The Bertz CT molecular complexity index is 400. The maximum Gasteiger partial charge on any atom is 0.366 e. The Morgan fingerprint density at radius 1 is 0.550 bits per heavy atom. The van der Waals surface area contributed by atoms with Crippen molar-refractivity contribution in [1.29, 1.82) is 0 Å². The zero-order chi connectivity index (χ0) is 15.7. The average Bonchev–Trinajstić information content (AvgIpc) is 2.48. The molecule has 0 saturated carbocycles. The quantitative estimate of drug-likeness (QED) is 0.196. The van der Waals surface area contributed by atoms with E-state index in [1.54, 1.807) is 0 Å². The van der Waals surface area contributed by atoms with E-state index in [1.807, 2.05) is 0 Å². The smallest absolute Gasteiger partial charge is 0.366 e. The molecule has 0 atom stereocenters. The van der Waals surface area contributed by atoms with Crippen molar-refractivity contribution in [2.45, 2.75) is 0 Å². The van der Waals surface area contributed by atoms with E-state index in [0.29, 0.717) is 0 Å². The lowest BCUT2D eigenvalue weighted by molar-refractivity contribution is -0.140. The molecule has 0 N–H and O–H groups in total. The predicted molar refractivity (Wildman–Crippen MR) is 62.9 cm³/mol. The zero-order valence-electron chi connectivity index (χ0n) is 11.2. The fourth-order valence-electron chi connectivity index (χ4n) is 0.817. The van der Waals surface area contributed by atoms with Crippen molar-refractivity contribution >= 4 is 35.3 Å². The van der Waals surface area contributed by atoms with Crippen LogP contribution in [-0.4, -0.2) is 63.7 Å². The molecule has 0 amide bonds. The van der Waals surface area contributed by atoms with Crippen molar-refractivity contribution in [3.63, 3.8) is 0 Å². The third-order valence-corrected chi connectivity index (χ3v) is 1.76. The fourth-order valence-corrected chi connectivity index (χ4v) is 0.817. The number of esters is 4. The molecule has 0 bridgehead atoms. The molecule has 0 aromatic carbocycles. The second kappa shape index (κ2) is 8.34. The molecular weight excluding hydrogens is 276 g/mol. The van der Waals surface area contributed by atoms with Crippen LogP contribution in [0.1, 0.15) is 0 Å². The molecule has 0 aliphatic heterocycles. The van der Waals surface area contributed by atoms with Gasteiger partial charge in [0.05, 0.1) is 28.4 Å². The zero-order valence-corrected chi connectivity index (χ0v) is 11.2. The number of rotatable bonds is 5. The highest BCUT2D eigenvalue weighted by Crippen LogP contribution is 1.94. The minimum Gasteiger partial charge on any atom is -0.464 e. The molecule has 0 aliphatic carbocycles. The molecule has 0 radical (unpaired) electrons. The molecular formula is C10H12N2O8. The molecule has 0 aromatic rings. The lowest BCUT2D eigenvalue weighted by Crippen LogP contribution is -2.29. The van der Waals surface area contributed by atoms with E-state index in [-0.39, 0.29) is 0 Å². The van der Waals surface area contributed by atoms with E-state index in [9.17, 15) is 19.2 Å². The van der Waals surface area contributed by atoms with Gasteiger partial charge in [-0.05, 0) is 0 Å². The van der Waals surface area contributed by atoms with Crippen LogP contribution in [0.3, 0.4) is 0 Å². The molecule has 10 nitrogen and oxygen atoms in total. The van der Waals surface area contributed by atoms with E-state index in [4.69, 9.17) is 0 Å². The average molecular weight is 288 g/mol. The number of nitrogens with zero attached hydrogens (tertiary/aromatic N) is 2. The van der Waals surface area contributed by atoms with Gasteiger partial charge in [0.1, 0.15) is 0 Å². The minimum absolute atomic E-state index is 0.861. The Balaban J connectivity index is 5.64. The van der Waals surface area contributed by atoms with E-state index in [2.05, 4.69) is 29.2 Å². The van der Waals surface area contributed by atoms with Crippen molar-refractivity contribution in [3.8, 4) is 0 Å². The summed E-state index contributed by atoms with van der Waals surface area (Å²) in [5.41, 5.74) is -1.72. The molecule has 0 saturated heterocycles. The van der Waals surface area contributed by atoms with Gasteiger partial charge in [-0.2, -0.15) is 0 Å². The number of carbonyl (C=O) groups is 4. The Labute approximate surface area is 113 Å². The van der Waals surface area contributed by atoms with Crippen molar-refractivity contribution in [2.24, 2.45) is 10.2 Å². The van der Waals surface area contributed by atoms with Crippen LogP contribution in [0.25, 0.3) is 0 Å². The highest BCUT2D eigenvalue weighted by Gasteiger charge is 2.25. The second-order valence-corrected chi connectivity index (χ2v) is 2.86. The van der Waals surface area contributed by atoms with Crippen molar-refractivity contribution in [1.82, 2.24) is 0 Å². The van der Waals surface area contributed by atoms with E-state index in [0.717, 1.165) is 28.4 Å². The van der Waals surface area contributed by atoms with Gasteiger partial charge in [0.25, 0.3) is 11.4 Å². The lowest BCUT2D eigenvalue weighted by atomic mass is 10.4. The van der Waals surface area contributed by atoms with Crippen LogP contribution in [0.4, 0.5) is 0 Å². The fraction of sp³-hybridized carbons (Fsp3) is 0.400. The number of ether oxygens (including phenoxy) is 4. The Morgan fingerprint density at radius 2 is 0.750 bits per heavy atom. The summed E-state index contributed by atoms with van der Waals surface area (Å²) < 4.78 is 17.1. The van der Waals surface area contributed by atoms with Gasteiger partial charge >= 0.3 is 23.9 Å². The Hall–Kier alpha value is -2.78. The molecule has 0 aliphatic rings.